The van der Waals surface area contributed by atoms with Crippen molar-refractivity contribution in [2.75, 3.05) is 26.4 Å². The molecule has 1 unspecified atom stereocenters. The molecule has 9 heteroatoms. The summed E-state index contributed by atoms with van der Waals surface area (Å²) >= 11 is 0. The second-order valence-corrected chi connectivity index (χ2v) is 8.73. The van der Waals surface area contributed by atoms with Gasteiger partial charge in [0, 0.05) is 32.1 Å². The maximum atomic E-state index is 12.4. The van der Waals surface area contributed by atoms with Crippen molar-refractivity contribution in [1.82, 2.24) is 14.6 Å². The molecule has 1 aliphatic rings. The molecule has 1 aromatic heterocycles. The minimum Gasteiger partial charge on any atom is -0.315 e. The van der Waals surface area contributed by atoms with E-state index < -0.39 is 19.9 Å². The van der Waals surface area contributed by atoms with Crippen LogP contribution in [0.1, 0.15) is 6.42 Å². The van der Waals surface area contributed by atoms with Gasteiger partial charge in [0.25, 0.3) is 0 Å². The van der Waals surface area contributed by atoms with Gasteiger partial charge in [0.15, 0.2) is 14.9 Å². The minimum atomic E-state index is -3.65. The Bertz CT molecular complexity index is 677. The first-order valence-electron chi connectivity index (χ1n) is 6.08. The predicted octanol–water partition coefficient (Wildman–Crippen LogP) is -0.532. The molecule has 1 N–H and O–H groups in total. The summed E-state index contributed by atoms with van der Waals surface area (Å²) in [6.45, 7) is 1.40. The Labute approximate surface area is 119 Å². The predicted molar refractivity (Wildman–Crippen MR) is 73.6 cm³/mol. The number of sulfone groups is 1. The van der Waals surface area contributed by atoms with Gasteiger partial charge in [-0.1, -0.05) is 0 Å². The summed E-state index contributed by atoms with van der Waals surface area (Å²) in [5.41, 5.74) is 0. The number of likely N-dealkylation sites (N-methyl/N-ethyl adjacent to an activating group) is 1. The van der Waals surface area contributed by atoms with Crippen molar-refractivity contribution in [3.05, 3.63) is 18.3 Å². The Kier molecular flexibility index (Phi) is 4.14. The fourth-order valence-corrected chi connectivity index (χ4v) is 3.94. The van der Waals surface area contributed by atoms with Crippen LogP contribution in [0.15, 0.2) is 28.3 Å². The monoisotopic (exact) mass is 319 g/mol. The van der Waals surface area contributed by atoms with Gasteiger partial charge >= 0.3 is 0 Å². The SMILES string of the molecule is CN(C1CCNC1)S(=O)(=O)c1ccc(S(C)(=O)=O)nc1. The van der Waals surface area contributed by atoms with E-state index in [2.05, 4.69) is 10.3 Å². The first-order valence-corrected chi connectivity index (χ1v) is 9.41. The van der Waals surface area contributed by atoms with Crippen molar-refractivity contribution in [1.29, 1.82) is 0 Å². The van der Waals surface area contributed by atoms with Crippen molar-refractivity contribution in [3.8, 4) is 0 Å². The van der Waals surface area contributed by atoms with Crippen LogP contribution in [0.5, 0.6) is 0 Å². The van der Waals surface area contributed by atoms with E-state index in [0.29, 0.717) is 6.54 Å². The minimum absolute atomic E-state index is 0.000648. The van der Waals surface area contributed by atoms with E-state index in [1.807, 2.05) is 0 Å². The summed E-state index contributed by atoms with van der Waals surface area (Å²) in [7, 11) is -5.55. The molecule has 1 fully saturated rings. The Balaban J connectivity index is 2.30. The zero-order valence-electron chi connectivity index (χ0n) is 11.3. The first kappa shape index (κ1) is 15.4. The molecule has 20 heavy (non-hydrogen) atoms. The van der Waals surface area contributed by atoms with Crippen LogP contribution in [0.4, 0.5) is 0 Å². The van der Waals surface area contributed by atoms with E-state index in [1.165, 1.54) is 23.5 Å². The summed E-state index contributed by atoms with van der Waals surface area (Å²) in [5, 5.41) is 2.97. The topological polar surface area (TPSA) is 96.4 Å². The average molecular weight is 319 g/mol. The third kappa shape index (κ3) is 3.00. The fourth-order valence-electron chi connectivity index (χ4n) is 2.05. The normalized spacial score (nSPS) is 20.4. The van der Waals surface area contributed by atoms with Gasteiger partial charge in [0.05, 0.1) is 0 Å². The number of sulfonamides is 1. The van der Waals surface area contributed by atoms with E-state index in [4.69, 9.17) is 0 Å². The lowest BCUT2D eigenvalue weighted by Gasteiger charge is -2.22. The summed E-state index contributed by atoms with van der Waals surface area (Å²) in [4.78, 5) is 3.72. The van der Waals surface area contributed by atoms with Gasteiger partial charge in [-0.3, -0.25) is 0 Å². The van der Waals surface area contributed by atoms with Crippen molar-refractivity contribution in [3.63, 3.8) is 0 Å². The second kappa shape index (κ2) is 5.40. The largest absolute Gasteiger partial charge is 0.315 e. The number of hydrogen-bond acceptors (Lipinski definition) is 6. The lowest BCUT2D eigenvalue weighted by molar-refractivity contribution is 0.387. The van der Waals surface area contributed by atoms with Crippen molar-refractivity contribution < 1.29 is 16.8 Å². The van der Waals surface area contributed by atoms with Crippen LogP contribution < -0.4 is 5.32 Å². The van der Waals surface area contributed by atoms with Crippen LogP contribution in [0, 0.1) is 0 Å². The summed E-state index contributed by atoms with van der Waals surface area (Å²) in [5.74, 6) is 0. The number of rotatable bonds is 4. The van der Waals surface area contributed by atoms with Crippen LogP contribution in [-0.4, -0.2) is 58.6 Å². The molecule has 0 bridgehead atoms. The molecule has 2 heterocycles. The van der Waals surface area contributed by atoms with E-state index in [9.17, 15) is 16.8 Å². The van der Waals surface area contributed by atoms with Gasteiger partial charge < -0.3 is 5.32 Å². The molecule has 0 saturated carbocycles. The molecule has 112 valence electrons. The molecule has 1 atom stereocenters. The molecular weight excluding hydrogens is 302 g/mol. The van der Waals surface area contributed by atoms with Gasteiger partial charge in [-0.05, 0) is 25.1 Å². The highest BCUT2D eigenvalue weighted by atomic mass is 32.2. The van der Waals surface area contributed by atoms with Crippen molar-refractivity contribution >= 4 is 19.9 Å². The molecule has 0 radical (unpaired) electrons. The molecule has 0 spiro atoms. The number of nitrogens with zero attached hydrogens (tertiary/aromatic N) is 2. The zero-order valence-corrected chi connectivity index (χ0v) is 12.9. The van der Waals surface area contributed by atoms with E-state index in [-0.39, 0.29) is 16.0 Å². The molecule has 1 aromatic rings. The standard InChI is InChI=1S/C11H17N3O4S2/c1-14(9-5-6-12-7-9)20(17,18)10-3-4-11(13-8-10)19(2,15)16/h3-4,8-9,12H,5-7H2,1-2H3. The lowest BCUT2D eigenvalue weighted by atomic mass is 10.3. The van der Waals surface area contributed by atoms with Gasteiger partial charge in [-0.25, -0.2) is 21.8 Å². The summed E-state index contributed by atoms with van der Waals surface area (Å²) in [6.07, 6.45) is 2.87. The van der Waals surface area contributed by atoms with Crippen molar-refractivity contribution in [2.45, 2.75) is 22.4 Å². The number of aromatic nitrogens is 1. The average Bonchev–Trinajstić information content (AvgIpc) is 2.90. The Morgan fingerprint density at radius 3 is 2.45 bits per heavy atom. The highest BCUT2D eigenvalue weighted by Gasteiger charge is 2.30. The van der Waals surface area contributed by atoms with Crippen LogP contribution in [-0.2, 0) is 19.9 Å². The molecule has 1 aliphatic heterocycles. The molecule has 0 amide bonds. The first-order chi connectivity index (χ1) is 9.23. The lowest BCUT2D eigenvalue weighted by Crippen LogP contribution is -2.38. The Morgan fingerprint density at radius 1 is 1.30 bits per heavy atom. The Hall–Kier alpha value is -1.03. The van der Waals surface area contributed by atoms with E-state index in [1.54, 1.807) is 0 Å². The third-order valence-electron chi connectivity index (χ3n) is 3.31. The maximum Gasteiger partial charge on any atom is 0.244 e. The second-order valence-electron chi connectivity index (χ2n) is 4.77. The van der Waals surface area contributed by atoms with E-state index >= 15 is 0 Å². The van der Waals surface area contributed by atoms with Gasteiger partial charge in [0.1, 0.15) is 4.90 Å². The quantitative estimate of drug-likeness (QED) is 0.801. The van der Waals surface area contributed by atoms with Gasteiger partial charge in [-0.15, -0.1) is 0 Å². The summed E-state index contributed by atoms with van der Waals surface area (Å²) in [6, 6.07) is 2.40. The summed E-state index contributed by atoms with van der Waals surface area (Å²) < 4.78 is 48.7. The number of hydrogen-bond donors (Lipinski definition) is 1. The smallest absolute Gasteiger partial charge is 0.244 e. The van der Waals surface area contributed by atoms with Gasteiger partial charge in [-0.2, -0.15) is 4.31 Å². The maximum absolute atomic E-state index is 12.4. The molecule has 1 saturated heterocycles. The Morgan fingerprint density at radius 2 is 2.00 bits per heavy atom. The van der Waals surface area contributed by atoms with Gasteiger partial charge in [0.2, 0.25) is 10.0 Å². The zero-order chi connectivity index (χ0) is 15.0. The molecule has 0 aliphatic carbocycles. The molecular formula is C11H17N3O4S2. The molecule has 7 nitrogen and oxygen atoms in total. The fraction of sp³-hybridized carbons (Fsp3) is 0.545. The highest BCUT2D eigenvalue weighted by molar-refractivity contribution is 7.90. The molecule has 2 rings (SSSR count). The van der Waals surface area contributed by atoms with Crippen LogP contribution in [0.2, 0.25) is 0 Å². The number of pyridine rings is 1. The van der Waals surface area contributed by atoms with Crippen LogP contribution >= 0.6 is 0 Å². The number of nitrogens with one attached hydrogen (secondary N) is 1. The molecule has 0 aromatic carbocycles. The van der Waals surface area contributed by atoms with Crippen LogP contribution in [0.3, 0.4) is 0 Å². The highest BCUT2D eigenvalue weighted by Crippen LogP contribution is 2.19. The van der Waals surface area contributed by atoms with Crippen LogP contribution in [0.25, 0.3) is 0 Å². The van der Waals surface area contributed by atoms with E-state index in [0.717, 1.165) is 25.4 Å². The van der Waals surface area contributed by atoms with Crippen molar-refractivity contribution in [2.24, 2.45) is 0 Å². The third-order valence-corrected chi connectivity index (χ3v) is 6.21.